The molecule has 0 aromatic heterocycles. The summed E-state index contributed by atoms with van der Waals surface area (Å²) in [6.07, 6.45) is 3.03. The summed E-state index contributed by atoms with van der Waals surface area (Å²) >= 11 is 0. The van der Waals surface area contributed by atoms with Gasteiger partial charge in [0.15, 0.2) is 0 Å². The number of rotatable bonds is 5. The van der Waals surface area contributed by atoms with Crippen LogP contribution in [-0.2, 0) is 16.0 Å². The van der Waals surface area contributed by atoms with E-state index >= 15 is 0 Å². The molecule has 0 fully saturated rings. The second-order valence-corrected chi connectivity index (χ2v) is 6.15. The minimum Gasteiger partial charge on any atom is -0.497 e. The smallest absolute Gasteiger partial charge is 0.262 e. The van der Waals surface area contributed by atoms with Crippen LogP contribution in [0.3, 0.4) is 0 Å². The summed E-state index contributed by atoms with van der Waals surface area (Å²) < 4.78 is 18.1. The van der Waals surface area contributed by atoms with Gasteiger partial charge in [0, 0.05) is 6.08 Å². The van der Waals surface area contributed by atoms with Crippen LogP contribution in [0.15, 0.2) is 66.7 Å². The van der Waals surface area contributed by atoms with E-state index in [1.807, 2.05) is 36.4 Å². The maximum absolute atomic E-state index is 12.9. The zero-order valence-electron chi connectivity index (χ0n) is 15.2. The third-order valence-electron chi connectivity index (χ3n) is 4.10. The number of carbonyl (C=O) groups excluding carboxylic acids is 2. The molecule has 3 rings (SSSR count). The normalized spacial score (nSPS) is 10.8. The van der Waals surface area contributed by atoms with Crippen LogP contribution < -0.4 is 15.6 Å². The maximum atomic E-state index is 12.9. The van der Waals surface area contributed by atoms with Crippen molar-refractivity contribution in [1.29, 1.82) is 0 Å². The first-order valence-electron chi connectivity index (χ1n) is 8.62. The van der Waals surface area contributed by atoms with E-state index in [2.05, 4.69) is 10.9 Å². The number of nitrogens with one attached hydrogen (secondary N) is 2. The van der Waals surface area contributed by atoms with Gasteiger partial charge in [0.25, 0.3) is 5.91 Å². The SMILES string of the molecule is COc1ccc2cc(/C=C/C(=O)NNC(=O)Cc3ccc(F)cc3)ccc2c1. The number of methoxy groups -OCH3 is 1. The molecule has 0 heterocycles. The molecule has 0 aliphatic rings. The predicted molar refractivity (Wildman–Crippen MR) is 106 cm³/mol. The number of ether oxygens (including phenoxy) is 1. The lowest BCUT2D eigenvalue weighted by molar-refractivity contribution is -0.126. The minimum absolute atomic E-state index is 0.0401. The number of carbonyl (C=O) groups is 2. The van der Waals surface area contributed by atoms with E-state index in [1.165, 1.54) is 30.3 Å². The molecular formula is C22H19FN2O3. The molecular weight excluding hydrogens is 359 g/mol. The summed E-state index contributed by atoms with van der Waals surface area (Å²) in [7, 11) is 1.62. The molecule has 2 N–H and O–H groups in total. The van der Waals surface area contributed by atoms with Crippen molar-refractivity contribution in [3.05, 3.63) is 83.7 Å². The van der Waals surface area contributed by atoms with Crippen LogP contribution in [0.2, 0.25) is 0 Å². The van der Waals surface area contributed by atoms with E-state index in [1.54, 1.807) is 13.2 Å². The number of hydrazine groups is 1. The van der Waals surface area contributed by atoms with E-state index < -0.39 is 11.8 Å². The fraction of sp³-hybridized carbons (Fsp3) is 0.0909. The Kier molecular flexibility index (Phi) is 6.01. The minimum atomic E-state index is -0.456. The standard InChI is InChI=1S/C22H19FN2O3/c1-28-20-10-7-17-12-15(2-6-18(17)14-20)5-11-21(26)24-25-22(27)13-16-3-8-19(23)9-4-16/h2-12,14H,13H2,1H3,(H,24,26)(H,25,27)/b11-5+. The average molecular weight is 378 g/mol. The van der Waals surface area contributed by atoms with Crippen molar-refractivity contribution < 1.29 is 18.7 Å². The van der Waals surface area contributed by atoms with E-state index in [0.717, 1.165) is 22.1 Å². The van der Waals surface area contributed by atoms with Gasteiger partial charge in [-0.1, -0.05) is 30.3 Å². The van der Waals surface area contributed by atoms with Crippen molar-refractivity contribution in [2.45, 2.75) is 6.42 Å². The summed E-state index contributed by atoms with van der Waals surface area (Å²) in [4.78, 5) is 23.7. The Hall–Kier alpha value is -3.67. The molecule has 3 aromatic carbocycles. The van der Waals surface area contributed by atoms with Crippen LogP contribution in [0, 0.1) is 5.82 Å². The van der Waals surface area contributed by atoms with Gasteiger partial charge in [-0.2, -0.15) is 0 Å². The number of hydrogen-bond acceptors (Lipinski definition) is 3. The fourth-order valence-electron chi connectivity index (χ4n) is 2.65. The van der Waals surface area contributed by atoms with Gasteiger partial charge in [0.2, 0.25) is 5.91 Å². The molecule has 0 aliphatic heterocycles. The predicted octanol–water partition coefficient (Wildman–Crippen LogP) is 3.39. The second kappa shape index (κ2) is 8.81. The Morgan fingerprint density at radius 2 is 1.68 bits per heavy atom. The third-order valence-corrected chi connectivity index (χ3v) is 4.10. The number of halogens is 1. The molecule has 0 unspecified atom stereocenters. The van der Waals surface area contributed by atoms with Crippen LogP contribution in [-0.4, -0.2) is 18.9 Å². The van der Waals surface area contributed by atoms with Crippen molar-refractivity contribution in [1.82, 2.24) is 10.9 Å². The molecule has 0 bridgehead atoms. The molecule has 2 amide bonds. The summed E-state index contributed by atoms with van der Waals surface area (Å²) in [6.45, 7) is 0. The second-order valence-electron chi connectivity index (χ2n) is 6.15. The Bertz CT molecular complexity index is 1030. The molecule has 0 saturated heterocycles. The van der Waals surface area contributed by atoms with Crippen molar-refractivity contribution in [2.24, 2.45) is 0 Å². The maximum Gasteiger partial charge on any atom is 0.262 e. The molecule has 0 atom stereocenters. The van der Waals surface area contributed by atoms with Gasteiger partial charge in [-0.25, -0.2) is 4.39 Å². The van der Waals surface area contributed by atoms with Crippen molar-refractivity contribution in [2.75, 3.05) is 7.11 Å². The van der Waals surface area contributed by atoms with Gasteiger partial charge < -0.3 is 4.74 Å². The topological polar surface area (TPSA) is 67.4 Å². The highest BCUT2D eigenvalue weighted by Crippen LogP contribution is 2.22. The number of amides is 2. The highest BCUT2D eigenvalue weighted by Gasteiger charge is 2.04. The van der Waals surface area contributed by atoms with E-state index in [9.17, 15) is 14.0 Å². The lowest BCUT2D eigenvalue weighted by Gasteiger charge is -2.06. The summed E-state index contributed by atoms with van der Waals surface area (Å²) in [5.41, 5.74) is 6.15. The monoisotopic (exact) mass is 378 g/mol. The Morgan fingerprint density at radius 3 is 2.43 bits per heavy atom. The first-order chi connectivity index (χ1) is 13.5. The van der Waals surface area contributed by atoms with Crippen molar-refractivity contribution >= 4 is 28.7 Å². The van der Waals surface area contributed by atoms with E-state index in [-0.39, 0.29) is 12.2 Å². The van der Waals surface area contributed by atoms with Crippen molar-refractivity contribution in [3.63, 3.8) is 0 Å². The quantitative estimate of drug-likeness (QED) is 0.528. The third kappa shape index (κ3) is 5.17. The summed E-state index contributed by atoms with van der Waals surface area (Å²) in [6, 6.07) is 17.1. The van der Waals surface area contributed by atoms with E-state index in [0.29, 0.717) is 5.56 Å². The molecule has 28 heavy (non-hydrogen) atoms. The molecule has 0 radical (unpaired) electrons. The highest BCUT2D eigenvalue weighted by molar-refractivity contribution is 5.94. The fourth-order valence-corrected chi connectivity index (χ4v) is 2.65. The van der Waals surface area contributed by atoms with Gasteiger partial charge in [-0.15, -0.1) is 0 Å². The Labute approximate surface area is 161 Å². The molecule has 3 aromatic rings. The molecule has 6 heteroatoms. The summed E-state index contributed by atoms with van der Waals surface area (Å²) in [5.74, 6) is -0.433. The molecule has 0 saturated carbocycles. The van der Waals surface area contributed by atoms with Crippen LogP contribution in [0.4, 0.5) is 4.39 Å². The zero-order valence-corrected chi connectivity index (χ0v) is 15.2. The van der Waals surface area contributed by atoms with Crippen molar-refractivity contribution in [3.8, 4) is 5.75 Å². The number of hydrogen-bond donors (Lipinski definition) is 2. The largest absolute Gasteiger partial charge is 0.497 e. The number of fused-ring (bicyclic) bond motifs is 1. The molecule has 0 spiro atoms. The van der Waals surface area contributed by atoms with Gasteiger partial charge in [0.1, 0.15) is 11.6 Å². The lowest BCUT2D eigenvalue weighted by atomic mass is 10.1. The van der Waals surface area contributed by atoms with Gasteiger partial charge in [0.05, 0.1) is 13.5 Å². The van der Waals surface area contributed by atoms with Gasteiger partial charge >= 0.3 is 0 Å². The van der Waals surface area contributed by atoms with Crippen LogP contribution in [0.1, 0.15) is 11.1 Å². The van der Waals surface area contributed by atoms with Crippen LogP contribution in [0.5, 0.6) is 5.75 Å². The van der Waals surface area contributed by atoms with Crippen LogP contribution in [0.25, 0.3) is 16.8 Å². The van der Waals surface area contributed by atoms with Gasteiger partial charge in [-0.3, -0.25) is 20.4 Å². The lowest BCUT2D eigenvalue weighted by Crippen LogP contribution is -2.41. The van der Waals surface area contributed by atoms with Crippen LogP contribution >= 0.6 is 0 Å². The Morgan fingerprint density at radius 1 is 0.964 bits per heavy atom. The molecule has 5 nitrogen and oxygen atoms in total. The van der Waals surface area contributed by atoms with E-state index in [4.69, 9.17) is 4.74 Å². The molecule has 142 valence electrons. The summed E-state index contributed by atoms with van der Waals surface area (Å²) in [5, 5.41) is 2.06. The highest BCUT2D eigenvalue weighted by atomic mass is 19.1. The first kappa shape index (κ1) is 19.1. The zero-order chi connectivity index (χ0) is 19.9. The Balaban J connectivity index is 1.53. The number of benzene rings is 3. The molecule has 0 aliphatic carbocycles. The average Bonchev–Trinajstić information content (AvgIpc) is 2.71. The first-order valence-corrected chi connectivity index (χ1v) is 8.62. The van der Waals surface area contributed by atoms with Gasteiger partial charge in [-0.05, 0) is 58.3 Å².